The molecule has 5 heteroatoms. The van der Waals surface area contributed by atoms with Gasteiger partial charge in [0.15, 0.2) is 0 Å². The van der Waals surface area contributed by atoms with Gasteiger partial charge in [-0.2, -0.15) is 0 Å². The summed E-state index contributed by atoms with van der Waals surface area (Å²) in [4.78, 5) is 16.2. The minimum absolute atomic E-state index is 0.394. The van der Waals surface area contributed by atoms with Crippen molar-refractivity contribution < 1.29 is 9.53 Å². The van der Waals surface area contributed by atoms with E-state index in [2.05, 4.69) is 10.3 Å². The fourth-order valence-electron chi connectivity index (χ4n) is 2.26. The molecular formula is C18H17N3O2. The fourth-order valence-corrected chi connectivity index (χ4v) is 2.26. The van der Waals surface area contributed by atoms with Crippen molar-refractivity contribution in [3.63, 3.8) is 0 Å². The summed E-state index contributed by atoms with van der Waals surface area (Å²) in [7, 11) is 0. The lowest BCUT2D eigenvalue weighted by molar-refractivity contribution is 0.0998. The molecule has 3 rings (SSSR count). The molecule has 116 valence electrons. The highest BCUT2D eigenvalue weighted by molar-refractivity contribution is 5.84. The largest absolute Gasteiger partial charge is 0.439 e. The van der Waals surface area contributed by atoms with Crippen LogP contribution in [0.4, 0.5) is 10.5 Å². The number of nitrogens with one attached hydrogen (secondary N) is 1. The summed E-state index contributed by atoms with van der Waals surface area (Å²) in [6, 6.07) is 18.9. The molecule has 1 atom stereocenters. The van der Waals surface area contributed by atoms with Crippen LogP contribution in [0.15, 0.2) is 79.4 Å². The van der Waals surface area contributed by atoms with Crippen molar-refractivity contribution in [2.75, 3.05) is 5.32 Å². The number of imidazole rings is 1. The number of nitrogens with zero attached hydrogens (tertiary/aromatic N) is 2. The molecular weight excluding hydrogens is 290 g/mol. The number of hydrogen-bond donors (Lipinski definition) is 1. The second kappa shape index (κ2) is 7.26. The maximum absolute atomic E-state index is 12.2. The molecule has 3 aromatic rings. The molecule has 1 heterocycles. The monoisotopic (exact) mass is 307 g/mol. The second-order valence-corrected chi connectivity index (χ2v) is 5.06. The highest BCUT2D eigenvalue weighted by Gasteiger charge is 2.17. The topological polar surface area (TPSA) is 56.1 Å². The molecule has 0 aliphatic heterocycles. The molecule has 0 saturated carbocycles. The molecule has 1 amide bonds. The van der Waals surface area contributed by atoms with Crippen LogP contribution in [0, 0.1) is 0 Å². The van der Waals surface area contributed by atoms with Gasteiger partial charge in [-0.25, -0.2) is 9.78 Å². The quantitative estimate of drug-likeness (QED) is 0.778. The Hall–Kier alpha value is -3.08. The maximum Gasteiger partial charge on any atom is 0.412 e. The van der Waals surface area contributed by atoms with Crippen molar-refractivity contribution in [3.8, 4) is 0 Å². The first-order chi connectivity index (χ1) is 11.3. The zero-order chi connectivity index (χ0) is 15.9. The molecule has 5 nitrogen and oxygen atoms in total. The van der Waals surface area contributed by atoms with Crippen LogP contribution in [0.5, 0.6) is 0 Å². The SMILES string of the molecule is O=C(Nc1ccccc1)OC(Cn1ccnc1)c1ccccc1. The van der Waals surface area contributed by atoms with Crippen LogP contribution >= 0.6 is 0 Å². The Morgan fingerprint density at radius 2 is 1.78 bits per heavy atom. The lowest BCUT2D eigenvalue weighted by Crippen LogP contribution is -2.20. The van der Waals surface area contributed by atoms with Gasteiger partial charge in [-0.15, -0.1) is 0 Å². The van der Waals surface area contributed by atoms with E-state index in [4.69, 9.17) is 4.74 Å². The number of hydrogen-bond acceptors (Lipinski definition) is 3. The van der Waals surface area contributed by atoms with Gasteiger partial charge in [0.1, 0.15) is 6.10 Å². The number of anilines is 1. The molecule has 0 fully saturated rings. The van der Waals surface area contributed by atoms with Crippen LogP contribution in [0.25, 0.3) is 0 Å². The molecule has 0 radical (unpaired) electrons. The normalized spacial score (nSPS) is 11.7. The van der Waals surface area contributed by atoms with Crippen molar-refractivity contribution in [3.05, 3.63) is 84.9 Å². The van der Waals surface area contributed by atoms with E-state index in [1.165, 1.54) is 0 Å². The van der Waals surface area contributed by atoms with Crippen molar-refractivity contribution in [1.82, 2.24) is 9.55 Å². The van der Waals surface area contributed by atoms with Gasteiger partial charge in [-0.3, -0.25) is 5.32 Å². The van der Waals surface area contributed by atoms with E-state index in [9.17, 15) is 4.79 Å². The van der Waals surface area contributed by atoms with Crippen LogP contribution in [0.3, 0.4) is 0 Å². The fraction of sp³-hybridized carbons (Fsp3) is 0.111. The average Bonchev–Trinajstić information content (AvgIpc) is 3.09. The highest BCUT2D eigenvalue weighted by Crippen LogP contribution is 2.20. The van der Waals surface area contributed by atoms with E-state index in [0.29, 0.717) is 12.2 Å². The molecule has 0 spiro atoms. The van der Waals surface area contributed by atoms with Crippen molar-refractivity contribution >= 4 is 11.8 Å². The maximum atomic E-state index is 12.2. The molecule has 23 heavy (non-hydrogen) atoms. The Kier molecular flexibility index (Phi) is 4.69. The van der Waals surface area contributed by atoms with E-state index >= 15 is 0 Å². The number of rotatable bonds is 5. The Morgan fingerprint density at radius 3 is 2.43 bits per heavy atom. The summed E-state index contributed by atoms with van der Waals surface area (Å²) in [6.45, 7) is 0.506. The van der Waals surface area contributed by atoms with Crippen LogP contribution < -0.4 is 5.32 Å². The Bertz CT molecular complexity index is 727. The van der Waals surface area contributed by atoms with Gasteiger partial charge in [0.05, 0.1) is 12.9 Å². The summed E-state index contributed by atoms with van der Waals surface area (Å²) < 4.78 is 7.50. The molecule has 1 N–H and O–H groups in total. The smallest absolute Gasteiger partial charge is 0.412 e. The first-order valence-corrected chi connectivity index (χ1v) is 7.34. The molecule has 0 saturated heterocycles. The molecule has 2 aromatic carbocycles. The number of para-hydroxylation sites is 1. The van der Waals surface area contributed by atoms with Gasteiger partial charge in [0, 0.05) is 18.1 Å². The van der Waals surface area contributed by atoms with Crippen molar-refractivity contribution in [2.24, 2.45) is 0 Å². The lowest BCUT2D eigenvalue weighted by Gasteiger charge is -2.19. The summed E-state index contributed by atoms with van der Waals surface area (Å²) >= 11 is 0. The van der Waals surface area contributed by atoms with Crippen molar-refractivity contribution in [1.29, 1.82) is 0 Å². The first kappa shape index (κ1) is 14.8. The van der Waals surface area contributed by atoms with Gasteiger partial charge in [-0.05, 0) is 17.7 Å². The van der Waals surface area contributed by atoms with Crippen LogP contribution in [0.1, 0.15) is 11.7 Å². The van der Waals surface area contributed by atoms with E-state index in [1.54, 1.807) is 12.5 Å². The van der Waals surface area contributed by atoms with Gasteiger partial charge in [0.2, 0.25) is 0 Å². The third-order valence-corrected chi connectivity index (χ3v) is 3.38. The average molecular weight is 307 g/mol. The number of carbonyl (C=O) groups is 1. The van der Waals surface area contributed by atoms with E-state index < -0.39 is 12.2 Å². The van der Waals surface area contributed by atoms with Gasteiger partial charge >= 0.3 is 6.09 Å². The second-order valence-electron chi connectivity index (χ2n) is 5.06. The summed E-state index contributed by atoms with van der Waals surface area (Å²) in [5.41, 5.74) is 1.64. The zero-order valence-electron chi connectivity index (χ0n) is 12.5. The lowest BCUT2D eigenvalue weighted by atomic mass is 10.1. The third-order valence-electron chi connectivity index (χ3n) is 3.38. The van der Waals surface area contributed by atoms with Gasteiger partial charge in [-0.1, -0.05) is 48.5 Å². The zero-order valence-corrected chi connectivity index (χ0v) is 12.5. The minimum atomic E-state index is -0.481. The molecule has 0 aliphatic carbocycles. The molecule has 1 aromatic heterocycles. The summed E-state index contributed by atoms with van der Waals surface area (Å²) in [5.74, 6) is 0. The molecule has 0 bridgehead atoms. The van der Waals surface area contributed by atoms with E-state index in [0.717, 1.165) is 5.56 Å². The summed E-state index contributed by atoms with van der Waals surface area (Å²) in [6.07, 6.45) is 4.37. The highest BCUT2D eigenvalue weighted by atomic mass is 16.6. The summed E-state index contributed by atoms with van der Waals surface area (Å²) in [5, 5.41) is 2.74. The van der Waals surface area contributed by atoms with Crippen molar-refractivity contribution in [2.45, 2.75) is 12.6 Å². The predicted octanol–water partition coefficient (Wildman–Crippen LogP) is 3.87. The minimum Gasteiger partial charge on any atom is -0.439 e. The van der Waals surface area contributed by atoms with Crippen LogP contribution in [-0.2, 0) is 11.3 Å². The molecule has 0 aliphatic rings. The number of amides is 1. The predicted molar refractivity (Wildman–Crippen MR) is 88.0 cm³/mol. The first-order valence-electron chi connectivity index (χ1n) is 7.34. The van der Waals surface area contributed by atoms with Crippen LogP contribution in [0.2, 0.25) is 0 Å². The van der Waals surface area contributed by atoms with Gasteiger partial charge < -0.3 is 9.30 Å². The standard InChI is InChI=1S/C18H17N3O2/c22-18(20-16-9-5-2-6-10-16)23-17(13-21-12-11-19-14-21)15-7-3-1-4-8-15/h1-12,14,17H,13H2,(H,20,22). The number of ether oxygens (including phenoxy) is 1. The van der Waals surface area contributed by atoms with E-state index in [-0.39, 0.29) is 0 Å². The number of carbonyl (C=O) groups excluding carboxylic acids is 1. The van der Waals surface area contributed by atoms with E-state index in [1.807, 2.05) is 71.4 Å². The molecule has 1 unspecified atom stereocenters. The third kappa shape index (κ3) is 4.20. The number of aromatic nitrogens is 2. The Morgan fingerprint density at radius 1 is 1.09 bits per heavy atom. The Balaban J connectivity index is 1.72. The van der Waals surface area contributed by atoms with Gasteiger partial charge in [0.25, 0.3) is 0 Å². The van der Waals surface area contributed by atoms with Crippen LogP contribution in [-0.4, -0.2) is 15.6 Å². The number of benzene rings is 2. The Labute approximate surface area is 134 Å².